The van der Waals surface area contributed by atoms with Gasteiger partial charge in [-0.1, -0.05) is 12.1 Å². The number of nitrogens with two attached hydrogens (primary N) is 1. The van der Waals surface area contributed by atoms with Crippen LogP contribution in [0.2, 0.25) is 0 Å². The molecule has 90 valence electrons. The van der Waals surface area contributed by atoms with Gasteiger partial charge in [0.2, 0.25) is 0 Å². The zero-order valence-corrected chi connectivity index (χ0v) is 9.71. The molecule has 0 bridgehead atoms. The van der Waals surface area contributed by atoms with Crippen molar-refractivity contribution in [3.05, 3.63) is 30.6 Å². The van der Waals surface area contributed by atoms with Crippen molar-refractivity contribution >= 4 is 11.0 Å². The quantitative estimate of drug-likeness (QED) is 0.822. The Kier molecular flexibility index (Phi) is 2.42. The Morgan fingerprint density at radius 1 is 1.47 bits per heavy atom. The fourth-order valence-electron chi connectivity index (χ4n) is 2.78. The van der Waals surface area contributed by atoms with Crippen LogP contribution in [0.1, 0.15) is 25.3 Å². The van der Waals surface area contributed by atoms with Gasteiger partial charge in [0.15, 0.2) is 0 Å². The first-order valence-electron chi connectivity index (χ1n) is 6.03. The second-order valence-corrected chi connectivity index (χ2v) is 5.06. The van der Waals surface area contributed by atoms with Crippen molar-refractivity contribution in [2.45, 2.75) is 30.8 Å². The number of aliphatic hydroxyl groups excluding tert-OH is 1. The van der Waals surface area contributed by atoms with Crippen LogP contribution < -0.4 is 5.73 Å². The maximum Gasteiger partial charge on any atom is 0.0960 e. The van der Waals surface area contributed by atoms with Crippen LogP contribution in [-0.4, -0.2) is 26.8 Å². The zero-order valence-electron chi connectivity index (χ0n) is 9.71. The molecular formula is C13H17N3O. The van der Waals surface area contributed by atoms with Gasteiger partial charge in [-0.25, -0.2) is 4.98 Å². The predicted molar refractivity (Wildman–Crippen MR) is 66.6 cm³/mol. The molecular weight excluding hydrogens is 214 g/mol. The largest absolute Gasteiger partial charge is 0.394 e. The van der Waals surface area contributed by atoms with E-state index in [0.29, 0.717) is 6.04 Å². The molecule has 1 aromatic heterocycles. The molecule has 2 unspecified atom stereocenters. The second-order valence-electron chi connectivity index (χ2n) is 5.06. The Morgan fingerprint density at radius 2 is 2.29 bits per heavy atom. The van der Waals surface area contributed by atoms with Gasteiger partial charge in [-0.15, -0.1) is 0 Å². The predicted octanol–water partition coefficient (Wildman–Crippen LogP) is 1.45. The second kappa shape index (κ2) is 3.82. The summed E-state index contributed by atoms with van der Waals surface area (Å²) in [5, 5.41) is 9.30. The standard InChI is InChI=1S/C13H17N3O/c14-13(8-17)6-5-10(7-13)16-9-15-11-3-1-2-4-12(11)16/h1-4,9-10,17H,5-8,14H2. The van der Waals surface area contributed by atoms with Gasteiger partial charge in [0.05, 0.1) is 24.0 Å². The molecule has 0 amide bonds. The summed E-state index contributed by atoms with van der Waals surface area (Å²) in [6, 6.07) is 8.48. The van der Waals surface area contributed by atoms with Gasteiger partial charge in [-0.3, -0.25) is 0 Å². The normalized spacial score (nSPS) is 28.9. The molecule has 1 saturated carbocycles. The van der Waals surface area contributed by atoms with Crippen molar-refractivity contribution in [2.75, 3.05) is 6.61 Å². The molecule has 2 atom stereocenters. The molecule has 3 N–H and O–H groups in total. The Hall–Kier alpha value is -1.39. The van der Waals surface area contributed by atoms with E-state index in [2.05, 4.69) is 15.6 Å². The number of nitrogens with zero attached hydrogens (tertiary/aromatic N) is 2. The van der Waals surface area contributed by atoms with Crippen molar-refractivity contribution in [1.82, 2.24) is 9.55 Å². The molecule has 1 aliphatic carbocycles. The monoisotopic (exact) mass is 231 g/mol. The fraction of sp³-hybridized carbons (Fsp3) is 0.462. The van der Waals surface area contributed by atoms with Crippen molar-refractivity contribution in [3.63, 3.8) is 0 Å². The molecule has 4 heteroatoms. The van der Waals surface area contributed by atoms with E-state index < -0.39 is 5.54 Å². The first-order valence-corrected chi connectivity index (χ1v) is 6.03. The number of hydrogen-bond acceptors (Lipinski definition) is 3. The summed E-state index contributed by atoms with van der Waals surface area (Å²) in [4.78, 5) is 4.40. The van der Waals surface area contributed by atoms with Crippen LogP contribution >= 0.6 is 0 Å². The van der Waals surface area contributed by atoms with E-state index in [1.807, 2.05) is 24.5 Å². The van der Waals surface area contributed by atoms with Gasteiger partial charge in [0, 0.05) is 11.6 Å². The number of aromatic nitrogens is 2. The van der Waals surface area contributed by atoms with Crippen LogP contribution in [0, 0.1) is 0 Å². The summed E-state index contributed by atoms with van der Waals surface area (Å²) in [6.45, 7) is 0.0656. The minimum Gasteiger partial charge on any atom is -0.394 e. The summed E-state index contributed by atoms with van der Waals surface area (Å²) in [6.07, 6.45) is 4.60. The molecule has 3 rings (SSSR count). The third-order valence-corrected chi connectivity index (χ3v) is 3.81. The molecule has 1 aromatic carbocycles. The molecule has 2 aromatic rings. The highest BCUT2D eigenvalue weighted by Gasteiger charge is 2.36. The number of aliphatic hydroxyl groups is 1. The average molecular weight is 231 g/mol. The van der Waals surface area contributed by atoms with Crippen LogP contribution in [0.25, 0.3) is 11.0 Å². The third kappa shape index (κ3) is 1.73. The highest BCUT2D eigenvalue weighted by molar-refractivity contribution is 5.75. The number of hydrogen-bond donors (Lipinski definition) is 2. The molecule has 0 aliphatic heterocycles. The van der Waals surface area contributed by atoms with Crippen molar-refractivity contribution in [2.24, 2.45) is 5.73 Å². The van der Waals surface area contributed by atoms with Gasteiger partial charge >= 0.3 is 0 Å². The van der Waals surface area contributed by atoms with E-state index in [1.165, 1.54) is 0 Å². The van der Waals surface area contributed by atoms with Gasteiger partial charge in [0.25, 0.3) is 0 Å². The third-order valence-electron chi connectivity index (χ3n) is 3.81. The van der Waals surface area contributed by atoms with E-state index in [9.17, 15) is 5.11 Å². The number of para-hydroxylation sites is 2. The highest BCUT2D eigenvalue weighted by Crippen LogP contribution is 2.37. The molecule has 4 nitrogen and oxygen atoms in total. The lowest BCUT2D eigenvalue weighted by atomic mass is 10.0. The van der Waals surface area contributed by atoms with E-state index in [1.54, 1.807) is 0 Å². The summed E-state index contributed by atoms with van der Waals surface area (Å²) >= 11 is 0. The minimum atomic E-state index is -0.407. The van der Waals surface area contributed by atoms with Gasteiger partial charge in [-0.05, 0) is 31.4 Å². The van der Waals surface area contributed by atoms with Crippen LogP contribution in [0.4, 0.5) is 0 Å². The van der Waals surface area contributed by atoms with Crippen molar-refractivity contribution < 1.29 is 5.11 Å². The van der Waals surface area contributed by atoms with Crippen LogP contribution in [0.5, 0.6) is 0 Å². The van der Waals surface area contributed by atoms with Crippen LogP contribution in [0.3, 0.4) is 0 Å². The first-order chi connectivity index (χ1) is 8.22. The number of fused-ring (bicyclic) bond motifs is 1. The van der Waals surface area contributed by atoms with Crippen molar-refractivity contribution in [1.29, 1.82) is 0 Å². The lowest BCUT2D eigenvalue weighted by molar-refractivity contribution is 0.196. The van der Waals surface area contributed by atoms with E-state index in [0.717, 1.165) is 30.3 Å². The Labute approximate surface area is 100 Å². The molecule has 0 saturated heterocycles. The maximum atomic E-state index is 9.30. The molecule has 17 heavy (non-hydrogen) atoms. The zero-order chi connectivity index (χ0) is 11.9. The Morgan fingerprint density at radius 3 is 3.06 bits per heavy atom. The van der Waals surface area contributed by atoms with E-state index in [4.69, 9.17) is 5.73 Å². The van der Waals surface area contributed by atoms with E-state index in [-0.39, 0.29) is 6.61 Å². The topological polar surface area (TPSA) is 64.1 Å². The van der Waals surface area contributed by atoms with E-state index >= 15 is 0 Å². The minimum absolute atomic E-state index is 0.0656. The summed E-state index contributed by atoms with van der Waals surface area (Å²) in [7, 11) is 0. The van der Waals surface area contributed by atoms with Gasteiger partial charge in [-0.2, -0.15) is 0 Å². The maximum absolute atomic E-state index is 9.30. The molecule has 0 radical (unpaired) electrons. The summed E-state index contributed by atoms with van der Waals surface area (Å²) in [5.74, 6) is 0. The molecule has 1 fully saturated rings. The Balaban J connectivity index is 1.95. The highest BCUT2D eigenvalue weighted by atomic mass is 16.3. The first kappa shape index (κ1) is 10.7. The lowest BCUT2D eigenvalue weighted by Crippen LogP contribution is -2.40. The Bertz CT molecular complexity index is 536. The SMILES string of the molecule is NC1(CO)CCC(n2cnc3ccccc32)C1. The summed E-state index contributed by atoms with van der Waals surface area (Å²) < 4.78 is 2.19. The van der Waals surface area contributed by atoms with Gasteiger partial charge in [0.1, 0.15) is 0 Å². The van der Waals surface area contributed by atoms with Crippen LogP contribution in [-0.2, 0) is 0 Å². The average Bonchev–Trinajstić information content (AvgIpc) is 2.93. The smallest absolute Gasteiger partial charge is 0.0960 e. The number of imidazole rings is 1. The van der Waals surface area contributed by atoms with Crippen LogP contribution in [0.15, 0.2) is 30.6 Å². The fourth-order valence-corrected chi connectivity index (χ4v) is 2.78. The number of benzene rings is 1. The summed E-state index contributed by atoms with van der Waals surface area (Å²) in [5.41, 5.74) is 7.88. The molecule has 1 heterocycles. The van der Waals surface area contributed by atoms with Gasteiger partial charge < -0.3 is 15.4 Å². The molecule has 0 spiro atoms. The molecule has 1 aliphatic rings. The van der Waals surface area contributed by atoms with Crippen molar-refractivity contribution in [3.8, 4) is 0 Å². The number of rotatable bonds is 2. The lowest BCUT2D eigenvalue weighted by Gasteiger charge is -2.21.